The van der Waals surface area contributed by atoms with Crippen molar-refractivity contribution in [1.82, 2.24) is 0 Å². The maximum Gasteiger partial charge on any atom is 0.306 e. The fourth-order valence-corrected chi connectivity index (χ4v) is 3.91. The second kappa shape index (κ2) is 18.8. The van der Waals surface area contributed by atoms with Gasteiger partial charge in [0, 0.05) is 0 Å². The first-order chi connectivity index (χ1) is 13.1. The molecule has 0 bridgehead atoms. The van der Waals surface area contributed by atoms with Crippen LogP contribution in [0.25, 0.3) is 0 Å². The lowest BCUT2D eigenvalue weighted by Gasteiger charge is -2.26. The maximum absolute atomic E-state index is 11.5. The van der Waals surface area contributed by atoms with Gasteiger partial charge in [0.25, 0.3) is 0 Å². The summed E-state index contributed by atoms with van der Waals surface area (Å²) in [6.45, 7) is 6.71. The molecule has 1 unspecified atom stereocenters. The number of carbonyl (C=O) groups excluding carboxylic acids is 1. The summed E-state index contributed by atoms with van der Waals surface area (Å²) in [7, 11) is 1.49. The summed E-state index contributed by atoms with van der Waals surface area (Å²) >= 11 is 0. The number of rotatable bonds is 20. The van der Waals surface area contributed by atoms with Crippen LogP contribution in [0, 0.1) is 5.41 Å². The Labute approximate surface area is 171 Å². The minimum atomic E-state index is -0.0594. The van der Waals surface area contributed by atoms with Gasteiger partial charge in [-0.2, -0.15) is 0 Å². The molecule has 162 valence electrons. The van der Waals surface area contributed by atoms with Crippen LogP contribution >= 0.6 is 0 Å². The number of carbonyl (C=O) groups is 1. The summed E-state index contributed by atoms with van der Waals surface area (Å²) in [6, 6.07) is 0. The third kappa shape index (κ3) is 17.3. The average Bonchev–Trinajstić information content (AvgIpc) is 2.67. The molecule has 1 atom stereocenters. The summed E-state index contributed by atoms with van der Waals surface area (Å²) in [5.41, 5.74) is 0.128. The van der Waals surface area contributed by atoms with Gasteiger partial charge in [-0.25, -0.2) is 0 Å². The van der Waals surface area contributed by atoms with Crippen LogP contribution < -0.4 is 0 Å². The van der Waals surface area contributed by atoms with Crippen LogP contribution in [0.2, 0.25) is 0 Å². The number of hydrogen-bond donors (Lipinski definition) is 0. The lowest BCUT2D eigenvalue weighted by atomic mass is 9.79. The first-order valence-corrected chi connectivity index (χ1v) is 12.1. The van der Waals surface area contributed by atoms with Crippen molar-refractivity contribution in [2.75, 3.05) is 7.11 Å². The van der Waals surface area contributed by atoms with E-state index >= 15 is 0 Å². The lowest BCUT2D eigenvalue weighted by molar-refractivity contribution is -0.143. The Balaban J connectivity index is 3.34. The van der Waals surface area contributed by atoms with Crippen molar-refractivity contribution in [3.05, 3.63) is 0 Å². The minimum absolute atomic E-state index is 0.0594. The number of esters is 1. The highest BCUT2D eigenvalue weighted by atomic mass is 16.5. The number of unbranched alkanes of at least 4 members (excludes halogenated alkanes) is 15. The number of methoxy groups -OCH3 is 1. The molecule has 0 saturated heterocycles. The van der Waals surface area contributed by atoms with Gasteiger partial charge < -0.3 is 4.74 Å². The van der Waals surface area contributed by atoms with Gasteiger partial charge in [0.2, 0.25) is 0 Å². The van der Waals surface area contributed by atoms with E-state index in [4.69, 9.17) is 4.74 Å². The smallest absolute Gasteiger partial charge is 0.306 e. The van der Waals surface area contributed by atoms with Crippen molar-refractivity contribution in [2.45, 2.75) is 143 Å². The molecule has 0 heterocycles. The van der Waals surface area contributed by atoms with Crippen molar-refractivity contribution < 1.29 is 9.53 Å². The van der Waals surface area contributed by atoms with Crippen LogP contribution in [0.3, 0.4) is 0 Å². The fraction of sp³-hybridized carbons (Fsp3) is 0.960. The summed E-state index contributed by atoms with van der Waals surface area (Å²) < 4.78 is 4.84. The van der Waals surface area contributed by atoms with Gasteiger partial charge in [0.05, 0.1) is 13.5 Å². The quantitative estimate of drug-likeness (QED) is 0.155. The molecule has 0 radical (unpaired) electrons. The molecule has 0 aliphatic rings. The SMILES string of the molecule is CCCCCCCCCCCCCCCCCCC(C)(CC)CC(=O)OC. The molecule has 0 N–H and O–H groups in total. The van der Waals surface area contributed by atoms with E-state index in [0.717, 1.165) is 12.8 Å². The third-order valence-corrected chi connectivity index (χ3v) is 6.29. The van der Waals surface area contributed by atoms with E-state index in [9.17, 15) is 4.79 Å². The zero-order valence-corrected chi connectivity index (χ0v) is 19.3. The Kier molecular flexibility index (Phi) is 18.4. The molecule has 0 spiro atoms. The second-order valence-electron chi connectivity index (χ2n) is 8.97. The van der Waals surface area contributed by atoms with E-state index in [2.05, 4.69) is 20.8 Å². The highest BCUT2D eigenvalue weighted by molar-refractivity contribution is 5.69. The van der Waals surface area contributed by atoms with Crippen LogP contribution in [0.15, 0.2) is 0 Å². The second-order valence-corrected chi connectivity index (χ2v) is 8.97. The Bertz CT molecular complexity index is 326. The average molecular weight is 383 g/mol. The van der Waals surface area contributed by atoms with Crippen LogP contribution in [0.4, 0.5) is 0 Å². The van der Waals surface area contributed by atoms with E-state index in [1.165, 1.54) is 110 Å². The van der Waals surface area contributed by atoms with E-state index in [1.807, 2.05) is 0 Å². The first-order valence-electron chi connectivity index (χ1n) is 12.1. The predicted octanol–water partition coefficient (Wildman–Crippen LogP) is 8.62. The molecule has 0 aromatic carbocycles. The highest BCUT2D eigenvalue weighted by Crippen LogP contribution is 2.32. The highest BCUT2D eigenvalue weighted by Gasteiger charge is 2.25. The molecular formula is C25H50O2. The molecule has 0 aromatic rings. The van der Waals surface area contributed by atoms with Gasteiger partial charge in [-0.3, -0.25) is 4.79 Å². The number of ether oxygens (including phenoxy) is 1. The molecule has 2 heteroatoms. The molecular weight excluding hydrogens is 332 g/mol. The van der Waals surface area contributed by atoms with E-state index in [-0.39, 0.29) is 11.4 Å². The summed E-state index contributed by atoms with van der Waals surface area (Å²) in [6.07, 6.45) is 25.3. The predicted molar refractivity (Wildman–Crippen MR) is 119 cm³/mol. The van der Waals surface area contributed by atoms with Gasteiger partial charge in [0.1, 0.15) is 0 Å². The van der Waals surface area contributed by atoms with Crippen molar-refractivity contribution >= 4 is 5.97 Å². The van der Waals surface area contributed by atoms with Gasteiger partial charge in [-0.05, 0) is 11.8 Å². The van der Waals surface area contributed by atoms with Crippen molar-refractivity contribution in [2.24, 2.45) is 5.41 Å². The van der Waals surface area contributed by atoms with Crippen LogP contribution in [-0.4, -0.2) is 13.1 Å². The van der Waals surface area contributed by atoms with Crippen molar-refractivity contribution in [1.29, 1.82) is 0 Å². The Morgan fingerprint density at radius 1 is 0.667 bits per heavy atom. The Morgan fingerprint density at radius 3 is 1.37 bits per heavy atom. The molecule has 0 aliphatic carbocycles. The maximum atomic E-state index is 11.5. The van der Waals surface area contributed by atoms with Crippen LogP contribution in [0.1, 0.15) is 143 Å². The Morgan fingerprint density at radius 2 is 1.04 bits per heavy atom. The van der Waals surface area contributed by atoms with Gasteiger partial charge in [-0.15, -0.1) is 0 Å². The normalized spacial score (nSPS) is 13.5. The monoisotopic (exact) mass is 382 g/mol. The van der Waals surface area contributed by atoms with Crippen molar-refractivity contribution in [3.63, 3.8) is 0 Å². The molecule has 2 nitrogen and oxygen atoms in total. The van der Waals surface area contributed by atoms with E-state index in [0.29, 0.717) is 6.42 Å². The molecule has 0 saturated carbocycles. The largest absolute Gasteiger partial charge is 0.469 e. The molecule has 0 amide bonds. The molecule has 0 aliphatic heterocycles. The van der Waals surface area contributed by atoms with Gasteiger partial charge >= 0.3 is 5.97 Å². The zero-order chi connectivity index (χ0) is 20.2. The molecule has 0 rings (SSSR count). The van der Waals surface area contributed by atoms with Gasteiger partial charge in [0.15, 0.2) is 0 Å². The van der Waals surface area contributed by atoms with Gasteiger partial charge in [-0.1, -0.05) is 130 Å². The Hall–Kier alpha value is -0.530. The van der Waals surface area contributed by atoms with Crippen molar-refractivity contribution in [3.8, 4) is 0 Å². The summed E-state index contributed by atoms with van der Waals surface area (Å²) in [4.78, 5) is 11.5. The summed E-state index contributed by atoms with van der Waals surface area (Å²) in [5.74, 6) is -0.0594. The van der Waals surface area contributed by atoms with E-state index in [1.54, 1.807) is 0 Å². The lowest BCUT2D eigenvalue weighted by Crippen LogP contribution is -2.21. The number of hydrogen-bond acceptors (Lipinski definition) is 2. The minimum Gasteiger partial charge on any atom is -0.469 e. The fourth-order valence-electron chi connectivity index (χ4n) is 3.91. The summed E-state index contributed by atoms with van der Waals surface area (Å²) in [5, 5.41) is 0. The molecule has 27 heavy (non-hydrogen) atoms. The van der Waals surface area contributed by atoms with Crippen LogP contribution in [0.5, 0.6) is 0 Å². The van der Waals surface area contributed by atoms with E-state index < -0.39 is 0 Å². The third-order valence-electron chi connectivity index (χ3n) is 6.29. The molecule has 0 aromatic heterocycles. The first kappa shape index (κ1) is 26.5. The standard InChI is InChI=1S/C25H50O2/c1-5-7-8-9-10-11-12-13-14-15-16-17-18-19-20-21-22-25(3,6-2)23-24(26)27-4/h5-23H2,1-4H3. The molecule has 0 fully saturated rings. The zero-order valence-electron chi connectivity index (χ0n) is 19.3. The van der Waals surface area contributed by atoms with Crippen LogP contribution in [-0.2, 0) is 9.53 Å². The topological polar surface area (TPSA) is 26.3 Å².